The molecule has 1 atom stereocenters. The number of nitrogens with one attached hydrogen (secondary N) is 2. The van der Waals surface area contributed by atoms with Crippen LogP contribution in [0, 0.1) is 0 Å². The van der Waals surface area contributed by atoms with Crippen LogP contribution < -0.4 is 15.4 Å². The van der Waals surface area contributed by atoms with Gasteiger partial charge in [-0.15, -0.1) is 0 Å². The van der Waals surface area contributed by atoms with E-state index in [1.165, 1.54) is 5.56 Å². The third-order valence-electron chi connectivity index (χ3n) is 4.24. The van der Waals surface area contributed by atoms with Crippen LogP contribution in [0.2, 0.25) is 0 Å². The number of anilines is 1. The van der Waals surface area contributed by atoms with Crippen LogP contribution >= 0.6 is 0 Å². The molecule has 0 aromatic heterocycles. The number of amides is 2. The van der Waals surface area contributed by atoms with Gasteiger partial charge >= 0.3 is 11.8 Å². The summed E-state index contributed by atoms with van der Waals surface area (Å²) in [6, 6.07) is 14.8. The Morgan fingerprint density at radius 1 is 0.963 bits per heavy atom. The van der Waals surface area contributed by atoms with E-state index in [1.807, 2.05) is 36.4 Å². The topological polar surface area (TPSA) is 76.7 Å². The summed E-state index contributed by atoms with van der Waals surface area (Å²) in [4.78, 5) is 24.2. The van der Waals surface area contributed by atoms with Crippen LogP contribution in [0.5, 0.6) is 5.75 Å². The minimum atomic E-state index is -0.715. The lowest BCUT2D eigenvalue weighted by atomic mass is 10.0. The average Bonchev–Trinajstić information content (AvgIpc) is 2.68. The molecule has 0 aliphatic heterocycles. The van der Waals surface area contributed by atoms with Crippen molar-refractivity contribution in [1.29, 1.82) is 0 Å². The lowest BCUT2D eigenvalue weighted by Gasteiger charge is -2.17. The summed E-state index contributed by atoms with van der Waals surface area (Å²) in [5, 5.41) is 5.20. The summed E-state index contributed by atoms with van der Waals surface area (Å²) < 4.78 is 10.6. The molecule has 0 radical (unpaired) electrons. The average molecular weight is 370 g/mol. The van der Waals surface area contributed by atoms with Crippen molar-refractivity contribution in [3.63, 3.8) is 0 Å². The van der Waals surface area contributed by atoms with Crippen LogP contribution in [0.25, 0.3) is 0 Å². The number of carbonyl (C=O) groups excluding carboxylic acids is 2. The maximum Gasteiger partial charge on any atom is 0.313 e. The lowest BCUT2D eigenvalue weighted by Crippen LogP contribution is -2.38. The third-order valence-corrected chi connectivity index (χ3v) is 4.24. The zero-order chi connectivity index (χ0) is 19.8. The summed E-state index contributed by atoms with van der Waals surface area (Å²) >= 11 is 0. The molecule has 6 nitrogen and oxygen atoms in total. The Bertz CT molecular complexity index is 772. The highest BCUT2D eigenvalue weighted by Crippen LogP contribution is 2.21. The van der Waals surface area contributed by atoms with Crippen LogP contribution in [0.15, 0.2) is 48.5 Å². The molecule has 2 N–H and O–H groups in total. The molecule has 144 valence electrons. The maximum absolute atomic E-state index is 12.1. The molecule has 0 fully saturated rings. The molecule has 0 heterocycles. The minimum Gasteiger partial charge on any atom is -0.497 e. The van der Waals surface area contributed by atoms with Gasteiger partial charge in [0.2, 0.25) is 0 Å². The van der Waals surface area contributed by atoms with Gasteiger partial charge < -0.3 is 20.1 Å². The Kier molecular flexibility index (Phi) is 7.37. The fourth-order valence-electron chi connectivity index (χ4n) is 2.58. The van der Waals surface area contributed by atoms with E-state index in [4.69, 9.17) is 9.47 Å². The summed E-state index contributed by atoms with van der Waals surface area (Å²) in [7, 11) is 3.13. The smallest absolute Gasteiger partial charge is 0.313 e. The van der Waals surface area contributed by atoms with Crippen LogP contribution in [0.3, 0.4) is 0 Å². The number of hydrogen-bond acceptors (Lipinski definition) is 4. The Morgan fingerprint density at radius 2 is 1.67 bits per heavy atom. The third kappa shape index (κ3) is 5.82. The summed E-state index contributed by atoms with van der Waals surface area (Å²) in [6.45, 7) is 4.35. The van der Waals surface area contributed by atoms with Crippen molar-refractivity contribution in [1.82, 2.24) is 5.32 Å². The predicted octanol–water partition coefficient (Wildman–Crippen LogP) is 3.26. The molecule has 6 heteroatoms. The summed E-state index contributed by atoms with van der Waals surface area (Å²) in [6.07, 6.45) is -0.387. The van der Waals surface area contributed by atoms with Crippen LogP contribution in [-0.4, -0.2) is 32.6 Å². The van der Waals surface area contributed by atoms with E-state index < -0.39 is 11.8 Å². The van der Waals surface area contributed by atoms with Gasteiger partial charge in [0.05, 0.1) is 13.2 Å². The second-order valence-corrected chi connectivity index (χ2v) is 6.44. The van der Waals surface area contributed by atoms with Gasteiger partial charge in [0.15, 0.2) is 0 Å². The predicted molar refractivity (Wildman–Crippen MR) is 105 cm³/mol. The fraction of sp³-hybridized carbons (Fsp3) is 0.333. The quantitative estimate of drug-likeness (QED) is 0.734. The monoisotopic (exact) mass is 370 g/mol. The van der Waals surface area contributed by atoms with E-state index in [2.05, 4.69) is 24.5 Å². The van der Waals surface area contributed by atoms with Gasteiger partial charge in [-0.2, -0.15) is 0 Å². The zero-order valence-electron chi connectivity index (χ0n) is 16.1. The SMILES string of the molecule is COc1cccc(C(CNC(=O)C(=O)Nc2ccc(C(C)C)cc2)OC)c1. The molecule has 0 bridgehead atoms. The number of methoxy groups -OCH3 is 2. The second kappa shape index (κ2) is 9.73. The van der Waals surface area contributed by atoms with Crippen molar-refractivity contribution in [3.05, 3.63) is 59.7 Å². The molecule has 0 spiro atoms. The molecule has 2 aromatic rings. The first-order valence-corrected chi connectivity index (χ1v) is 8.80. The molecule has 2 amide bonds. The molecule has 0 saturated carbocycles. The van der Waals surface area contributed by atoms with Gasteiger partial charge in [-0.3, -0.25) is 9.59 Å². The van der Waals surface area contributed by atoms with E-state index >= 15 is 0 Å². The van der Waals surface area contributed by atoms with E-state index in [0.29, 0.717) is 17.4 Å². The van der Waals surface area contributed by atoms with Crippen molar-refractivity contribution < 1.29 is 19.1 Å². The van der Waals surface area contributed by atoms with Crippen LogP contribution in [0.4, 0.5) is 5.69 Å². The summed E-state index contributed by atoms with van der Waals surface area (Å²) in [5.74, 6) is -0.329. The highest BCUT2D eigenvalue weighted by Gasteiger charge is 2.17. The fourth-order valence-corrected chi connectivity index (χ4v) is 2.58. The molecule has 2 aromatic carbocycles. The molecular weight excluding hydrogens is 344 g/mol. The minimum absolute atomic E-state index is 0.169. The number of carbonyl (C=O) groups is 2. The molecule has 1 unspecified atom stereocenters. The molecule has 0 aliphatic carbocycles. The van der Waals surface area contributed by atoms with E-state index in [-0.39, 0.29) is 12.6 Å². The summed E-state index contributed by atoms with van der Waals surface area (Å²) in [5.41, 5.74) is 2.59. The van der Waals surface area contributed by atoms with Gasteiger partial charge in [-0.1, -0.05) is 38.1 Å². The highest BCUT2D eigenvalue weighted by molar-refractivity contribution is 6.39. The Hall–Kier alpha value is -2.86. The Morgan fingerprint density at radius 3 is 2.26 bits per heavy atom. The first-order chi connectivity index (χ1) is 12.9. The standard InChI is InChI=1S/C21H26N2O4/c1-14(2)15-8-10-17(11-9-15)23-21(25)20(24)22-13-19(27-4)16-6-5-7-18(12-16)26-3/h5-12,14,19H,13H2,1-4H3,(H,22,24)(H,23,25). The largest absolute Gasteiger partial charge is 0.497 e. The van der Waals surface area contributed by atoms with E-state index in [0.717, 1.165) is 5.56 Å². The van der Waals surface area contributed by atoms with Crippen molar-refractivity contribution in [3.8, 4) is 5.75 Å². The second-order valence-electron chi connectivity index (χ2n) is 6.44. The van der Waals surface area contributed by atoms with Crippen molar-refractivity contribution >= 4 is 17.5 Å². The number of rotatable bonds is 7. The molecule has 27 heavy (non-hydrogen) atoms. The molecular formula is C21H26N2O4. The first kappa shape index (κ1) is 20.5. The van der Waals surface area contributed by atoms with Crippen molar-refractivity contribution in [2.75, 3.05) is 26.1 Å². The number of hydrogen-bond donors (Lipinski definition) is 2. The zero-order valence-corrected chi connectivity index (χ0v) is 16.1. The van der Waals surface area contributed by atoms with Gasteiger partial charge in [0, 0.05) is 19.3 Å². The first-order valence-electron chi connectivity index (χ1n) is 8.80. The van der Waals surface area contributed by atoms with Crippen LogP contribution in [-0.2, 0) is 14.3 Å². The highest BCUT2D eigenvalue weighted by atomic mass is 16.5. The Balaban J connectivity index is 1.91. The van der Waals surface area contributed by atoms with Crippen molar-refractivity contribution in [2.45, 2.75) is 25.9 Å². The Labute approximate surface area is 159 Å². The van der Waals surface area contributed by atoms with E-state index in [1.54, 1.807) is 26.4 Å². The maximum atomic E-state index is 12.1. The molecule has 0 saturated heterocycles. The van der Waals surface area contributed by atoms with Gasteiger partial charge in [-0.05, 0) is 41.3 Å². The normalized spacial score (nSPS) is 11.7. The van der Waals surface area contributed by atoms with E-state index in [9.17, 15) is 9.59 Å². The number of benzene rings is 2. The lowest BCUT2D eigenvalue weighted by molar-refractivity contribution is -0.136. The van der Waals surface area contributed by atoms with Gasteiger partial charge in [0.25, 0.3) is 0 Å². The van der Waals surface area contributed by atoms with Gasteiger partial charge in [-0.25, -0.2) is 0 Å². The number of ether oxygens (including phenoxy) is 2. The van der Waals surface area contributed by atoms with Crippen LogP contribution in [0.1, 0.15) is 37.0 Å². The molecule has 0 aliphatic rings. The van der Waals surface area contributed by atoms with Gasteiger partial charge in [0.1, 0.15) is 5.75 Å². The molecule has 2 rings (SSSR count). The van der Waals surface area contributed by atoms with Crippen molar-refractivity contribution in [2.24, 2.45) is 0 Å².